The van der Waals surface area contributed by atoms with Crippen molar-refractivity contribution in [2.45, 2.75) is 13.8 Å². The number of anilines is 2. The standard InChI is InChI=1S/C17H22N4O2/c1-3-23-17(22)15-13(2)18-19-16(15)21-11-9-20(10-12-21)14-7-5-4-6-8-14/h4-8H,3,9-12H2,1-2H3,(H,18,19). The number of H-pyrrole nitrogens is 1. The first-order chi connectivity index (χ1) is 11.2. The molecule has 1 fully saturated rings. The number of carbonyl (C=O) groups is 1. The van der Waals surface area contributed by atoms with Crippen LogP contribution in [0.2, 0.25) is 0 Å². The average molecular weight is 314 g/mol. The van der Waals surface area contributed by atoms with E-state index in [-0.39, 0.29) is 5.97 Å². The van der Waals surface area contributed by atoms with Gasteiger partial charge in [-0.2, -0.15) is 5.10 Å². The fourth-order valence-corrected chi connectivity index (χ4v) is 2.91. The summed E-state index contributed by atoms with van der Waals surface area (Å²) in [7, 11) is 0. The lowest BCUT2D eigenvalue weighted by atomic mass is 10.2. The first-order valence-electron chi connectivity index (χ1n) is 7.97. The maximum atomic E-state index is 12.2. The zero-order valence-corrected chi connectivity index (χ0v) is 13.6. The third-order valence-corrected chi connectivity index (χ3v) is 4.11. The highest BCUT2D eigenvalue weighted by atomic mass is 16.5. The van der Waals surface area contributed by atoms with Crippen LogP contribution in [0.1, 0.15) is 23.0 Å². The normalized spacial score (nSPS) is 14.9. The number of nitrogens with zero attached hydrogens (tertiary/aromatic N) is 3. The Labute approximate surface area is 136 Å². The van der Waals surface area contributed by atoms with Gasteiger partial charge in [0.05, 0.1) is 6.61 Å². The molecule has 2 heterocycles. The van der Waals surface area contributed by atoms with E-state index in [1.807, 2.05) is 19.9 Å². The Hall–Kier alpha value is -2.50. The van der Waals surface area contributed by atoms with Crippen molar-refractivity contribution in [1.29, 1.82) is 0 Å². The summed E-state index contributed by atoms with van der Waals surface area (Å²) in [5.74, 6) is 0.396. The van der Waals surface area contributed by atoms with Crippen LogP contribution in [0.4, 0.5) is 11.5 Å². The van der Waals surface area contributed by atoms with Crippen LogP contribution < -0.4 is 9.80 Å². The van der Waals surface area contributed by atoms with Crippen LogP contribution in [0.3, 0.4) is 0 Å². The highest BCUT2D eigenvalue weighted by Crippen LogP contribution is 2.24. The topological polar surface area (TPSA) is 61.5 Å². The molecule has 0 radical (unpaired) electrons. The van der Waals surface area contributed by atoms with E-state index in [4.69, 9.17) is 4.74 Å². The van der Waals surface area contributed by atoms with Gasteiger partial charge in [0.2, 0.25) is 0 Å². The van der Waals surface area contributed by atoms with Crippen LogP contribution in [0.15, 0.2) is 30.3 Å². The third kappa shape index (κ3) is 3.16. The van der Waals surface area contributed by atoms with E-state index in [0.717, 1.165) is 31.9 Å². The van der Waals surface area contributed by atoms with Crippen LogP contribution in [-0.4, -0.2) is 49.0 Å². The molecule has 1 saturated heterocycles. The van der Waals surface area contributed by atoms with E-state index in [0.29, 0.717) is 18.0 Å². The van der Waals surface area contributed by atoms with Crippen LogP contribution in [0.5, 0.6) is 0 Å². The number of hydrogen-bond donors (Lipinski definition) is 1. The molecule has 0 spiro atoms. The number of aryl methyl sites for hydroxylation is 1. The summed E-state index contributed by atoms with van der Waals surface area (Å²) in [6.45, 7) is 7.48. The maximum Gasteiger partial charge on any atom is 0.343 e. The summed E-state index contributed by atoms with van der Waals surface area (Å²) in [6.07, 6.45) is 0. The zero-order valence-electron chi connectivity index (χ0n) is 13.6. The minimum absolute atomic E-state index is 0.306. The molecule has 3 rings (SSSR count). The van der Waals surface area contributed by atoms with Crippen molar-refractivity contribution in [1.82, 2.24) is 10.2 Å². The second-order valence-corrected chi connectivity index (χ2v) is 5.58. The molecule has 6 nitrogen and oxygen atoms in total. The molecule has 1 aliphatic heterocycles. The second kappa shape index (κ2) is 6.73. The fourth-order valence-electron chi connectivity index (χ4n) is 2.91. The van der Waals surface area contributed by atoms with Gasteiger partial charge in [0.1, 0.15) is 5.56 Å². The summed E-state index contributed by atoms with van der Waals surface area (Å²) in [5.41, 5.74) is 2.54. The summed E-state index contributed by atoms with van der Waals surface area (Å²) >= 11 is 0. The summed E-state index contributed by atoms with van der Waals surface area (Å²) in [5, 5.41) is 7.23. The smallest absolute Gasteiger partial charge is 0.343 e. The molecule has 0 aliphatic carbocycles. The third-order valence-electron chi connectivity index (χ3n) is 4.11. The molecule has 0 saturated carbocycles. The van der Waals surface area contributed by atoms with Gasteiger partial charge in [-0.15, -0.1) is 0 Å². The van der Waals surface area contributed by atoms with Crippen molar-refractivity contribution in [3.05, 3.63) is 41.6 Å². The Morgan fingerprint density at radius 2 is 1.83 bits per heavy atom. The molecular formula is C17H22N4O2. The van der Waals surface area contributed by atoms with E-state index in [1.165, 1.54) is 5.69 Å². The highest BCUT2D eigenvalue weighted by Gasteiger charge is 2.26. The van der Waals surface area contributed by atoms with Crippen molar-refractivity contribution in [2.75, 3.05) is 42.6 Å². The fraction of sp³-hybridized carbons (Fsp3) is 0.412. The Kier molecular flexibility index (Phi) is 4.50. The van der Waals surface area contributed by atoms with Gasteiger partial charge in [-0.25, -0.2) is 4.79 Å². The number of piperazine rings is 1. The summed E-state index contributed by atoms with van der Waals surface area (Å²) < 4.78 is 5.15. The quantitative estimate of drug-likeness (QED) is 0.877. The highest BCUT2D eigenvalue weighted by molar-refractivity contribution is 5.96. The number of carbonyl (C=O) groups excluding carboxylic acids is 1. The molecular weight excluding hydrogens is 292 g/mol. The van der Waals surface area contributed by atoms with Gasteiger partial charge in [-0.1, -0.05) is 18.2 Å². The first-order valence-corrected chi connectivity index (χ1v) is 7.97. The second-order valence-electron chi connectivity index (χ2n) is 5.58. The monoisotopic (exact) mass is 314 g/mol. The predicted molar refractivity (Wildman–Crippen MR) is 90.1 cm³/mol. The van der Waals surface area contributed by atoms with Crippen LogP contribution in [0, 0.1) is 6.92 Å². The summed E-state index contributed by atoms with van der Waals surface area (Å²) in [6, 6.07) is 10.4. The molecule has 1 aromatic heterocycles. The number of nitrogens with one attached hydrogen (secondary N) is 1. The Bertz CT molecular complexity index is 660. The van der Waals surface area contributed by atoms with E-state index >= 15 is 0 Å². The largest absolute Gasteiger partial charge is 0.462 e. The SMILES string of the molecule is CCOC(=O)c1c(N2CCN(c3ccccc3)CC2)n[nH]c1C. The molecule has 0 atom stereocenters. The molecule has 1 aromatic carbocycles. The number of para-hydroxylation sites is 1. The molecule has 1 N–H and O–H groups in total. The Morgan fingerprint density at radius 1 is 1.17 bits per heavy atom. The molecule has 0 amide bonds. The molecule has 6 heteroatoms. The van der Waals surface area contributed by atoms with E-state index in [2.05, 4.69) is 44.3 Å². The predicted octanol–water partition coefficient (Wildman–Crippen LogP) is 2.22. The van der Waals surface area contributed by atoms with Crippen LogP contribution in [-0.2, 0) is 4.74 Å². The number of benzene rings is 1. The molecule has 2 aromatic rings. The van der Waals surface area contributed by atoms with Crippen molar-refractivity contribution >= 4 is 17.5 Å². The zero-order chi connectivity index (χ0) is 16.2. The van der Waals surface area contributed by atoms with Gasteiger partial charge >= 0.3 is 5.97 Å². The van der Waals surface area contributed by atoms with Gasteiger partial charge < -0.3 is 14.5 Å². The Morgan fingerprint density at radius 3 is 2.48 bits per heavy atom. The van der Waals surface area contributed by atoms with Gasteiger partial charge in [-0.3, -0.25) is 5.10 Å². The van der Waals surface area contributed by atoms with Crippen molar-refractivity contribution in [2.24, 2.45) is 0 Å². The lowest BCUT2D eigenvalue weighted by Gasteiger charge is -2.36. The van der Waals surface area contributed by atoms with Crippen molar-refractivity contribution in [3.8, 4) is 0 Å². The van der Waals surface area contributed by atoms with E-state index in [1.54, 1.807) is 0 Å². The average Bonchev–Trinajstić information content (AvgIpc) is 2.98. The lowest BCUT2D eigenvalue weighted by Crippen LogP contribution is -2.47. The van der Waals surface area contributed by atoms with Crippen LogP contribution in [0.25, 0.3) is 0 Å². The lowest BCUT2D eigenvalue weighted by molar-refractivity contribution is 0.0526. The Balaban J connectivity index is 1.72. The van der Waals surface area contributed by atoms with Gasteiger partial charge in [-0.05, 0) is 26.0 Å². The van der Waals surface area contributed by atoms with Crippen LogP contribution >= 0.6 is 0 Å². The summed E-state index contributed by atoms with van der Waals surface area (Å²) in [4.78, 5) is 16.7. The number of aromatic nitrogens is 2. The maximum absolute atomic E-state index is 12.2. The van der Waals surface area contributed by atoms with Gasteiger partial charge in [0.25, 0.3) is 0 Å². The van der Waals surface area contributed by atoms with E-state index < -0.39 is 0 Å². The van der Waals surface area contributed by atoms with Gasteiger partial charge in [0, 0.05) is 37.6 Å². The molecule has 122 valence electrons. The minimum Gasteiger partial charge on any atom is -0.462 e. The molecule has 1 aliphatic rings. The van der Waals surface area contributed by atoms with Crippen molar-refractivity contribution in [3.63, 3.8) is 0 Å². The molecule has 0 bridgehead atoms. The van der Waals surface area contributed by atoms with E-state index in [9.17, 15) is 4.79 Å². The number of aromatic amines is 1. The minimum atomic E-state index is -0.306. The molecule has 23 heavy (non-hydrogen) atoms. The molecule has 0 unspecified atom stereocenters. The first kappa shape index (κ1) is 15.4. The van der Waals surface area contributed by atoms with Gasteiger partial charge in [0.15, 0.2) is 5.82 Å². The van der Waals surface area contributed by atoms with Crippen molar-refractivity contribution < 1.29 is 9.53 Å². The number of esters is 1. The number of ether oxygens (including phenoxy) is 1. The number of hydrogen-bond acceptors (Lipinski definition) is 5. The number of rotatable bonds is 4.